The van der Waals surface area contributed by atoms with Crippen LogP contribution in [0, 0.1) is 5.82 Å². The summed E-state index contributed by atoms with van der Waals surface area (Å²) in [5, 5.41) is 8.65. The van der Waals surface area contributed by atoms with Gasteiger partial charge in [-0.3, -0.25) is 4.79 Å². The summed E-state index contributed by atoms with van der Waals surface area (Å²) in [5.41, 5.74) is 2.18. The molecule has 9 heteroatoms. The van der Waals surface area contributed by atoms with E-state index < -0.39 is 6.04 Å². The summed E-state index contributed by atoms with van der Waals surface area (Å²) in [6.45, 7) is 2.86. The normalized spacial score (nSPS) is 19.7. The maximum atomic E-state index is 14.0. The van der Waals surface area contributed by atoms with Gasteiger partial charge in [0.25, 0.3) is 5.91 Å². The molecule has 2 aliphatic heterocycles. The second-order valence-electron chi connectivity index (χ2n) is 8.46. The second-order valence-corrected chi connectivity index (χ2v) is 9.27. The quantitative estimate of drug-likeness (QED) is 0.488. The highest BCUT2D eigenvalue weighted by atomic mass is 35.5. The van der Waals surface area contributed by atoms with Gasteiger partial charge in [-0.1, -0.05) is 29.3 Å². The first-order valence-electron chi connectivity index (χ1n) is 11.1. The molecule has 5 rings (SSSR count). The van der Waals surface area contributed by atoms with Crippen molar-refractivity contribution in [2.75, 3.05) is 18.5 Å². The van der Waals surface area contributed by atoms with Gasteiger partial charge >= 0.3 is 0 Å². The lowest BCUT2D eigenvalue weighted by Crippen LogP contribution is -2.43. The number of allylic oxidation sites excluding steroid dienone is 1. The van der Waals surface area contributed by atoms with Crippen LogP contribution in [0.2, 0.25) is 10.0 Å². The monoisotopic (exact) mass is 500 g/mol. The summed E-state index contributed by atoms with van der Waals surface area (Å²) in [4.78, 5) is 15.8. The lowest BCUT2D eigenvalue weighted by molar-refractivity contribution is -0.129. The molecular formula is C25H23Cl2FN4O2. The highest BCUT2D eigenvalue weighted by Gasteiger charge is 2.38. The number of ether oxygens (including phenoxy) is 1. The lowest BCUT2D eigenvalue weighted by atomic mass is 9.94. The molecule has 3 aromatic rings. The van der Waals surface area contributed by atoms with E-state index in [1.165, 1.54) is 12.1 Å². The fourth-order valence-corrected chi connectivity index (χ4v) is 4.93. The average Bonchev–Trinajstić information content (AvgIpc) is 3.48. The van der Waals surface area contributed by atoms with E-state index in [4.69, 9.17) is 27.9 Å². The van der Waals surface area contributed by atoms with Gasteiger partial charge in [-0.25, -0.2) is 9.07 Å². The van der Waals surface area contributed by atoms with Crippen molar-refractivity contribution in [3.8, 4) is 5.75 Å². The van der Waals surface area contributed by atoms with Crippen molar-refractivity contribution in [1.82, 2.24) is 14.7 Å². The van der Waals surface area contributed by atoms with Crippen molar-refractivity contribution in [3.05, 3.63) is 87.4 Å². The van der Waals surface area contributed by atoms with Crippen molar-refractivity contribution in [2.45, 2.75) is 31.8 Å². The summed E-state index contributed by atoms with van der Waals surface area (Å²) in [6.07, 6.45) is 3.41. The second kappa shape index (κ2) is 9.31. The number of amides is 1. The van der Waals surface area contributed by atoms with Crippen LogP contribution >= 0.6 is 23.2 Å². The van der Waals surface area contributed by atoms with Crippen LogP contribution in [0.4, 0.5) is 10.2 Å². The van der Waals surface area contributed by atoms with Crippen molar-refractivity contribution in [3.63, 3.8) is 0 Å². The molecule has 1 unspecified atom stereocenters. The van der Waals surface area contributed by atoms with Crippen LogP contribution in [-0.4, -0.2) is 39.8 Å². The van der Waals surface area contributed by atoms with E-state index in [0.29, 0.717) is 34.5 Å². The van der Waals surface area contributed by atoms with Crippen molar-refractivity contribution >= 4 is 34.9 Å². The SMILES string of the molecule is CC1=C(C(=O)N2CCC[C@@H]2COc2ccc(F)cc2)C(c2ccc(Cl)c(Cl)c2)n2nccc2N1. The number of hydrogen-bond acceptors (Lipinski definition) is 4. The zero-order chi connectivity index (χ0) is 23.8. The van der Waals surface area contributed by atoms with Crippen molar-refractivity contribution in [2.24, 2.45) is 0 Å². The maximum Gasteiger partial charge on any atom is 0.254 e. The molecule has 1 aromatic heterocycles. The third-order valence-electron chi connectivity index (χ3n) is 6.29. The van der Waals surface area contributed by atoms with E-state index in [2.05, 4.69) is 10.4 Å². The topological polar surface area (TPSA) is 59.4 Å². The number of rotatable bonds is 5. The van der Waals surface area contributed by atoms with Crippen LogP contribution in [0.3, 0.4) is 0 Å². The number of nitrogens with zero attached hydrogens (tertiary/aromatic N) is 3. The first-order valence-corrected chi connectivity index (χ1v) is 11.8. The molecule has 0 saturated carbocycles. The van der Waals surface area contributed by atoms with Crippen LogP contribution in [0.15, 0.2) is 66.0 Å². The van der Waals surface area contributed by atoms with Gasteiger partial charge in [0.15, 0.2) is 0 Å². The molecule has 1 fully saturated rings. The lowest BCUT2D eigenvalue weighted by Gasteiger charge is -2.33. The van der Waals surface area contributed by atoms with Gasteiger partial charge in [-0.2, -0.15) is 5.10 Å². The number of carbonyl (C=O) groups is 1. The van der Waals surface area contributed by atoms with E-state index in [-0.39, 0.29) is 17.8 Å². The van der Waals surface area contributed by atoms with Gasteiger partial charge in [0, 0.05) is 18.3 Å². The zero-order valence-electron chi connectivity index (χ0n) is 18.5. The van der Waals surface area contributed by atoms with Gasteiger partial charge < -0.3 is 15.0 Å². The molecule has 1 amide bonds. The Morgan fingerprint density at radius 2 is 1.97 bits per heavy atom. The minimum Gasteiger partial charge on any atom is -0.491 e. The molecule has 2 atom stereocenters. The van der Waals surface area contributed by atoms with Crippen LogP contribution in [-0.2, 0) is 4.79 Å². The molecule has 0 spiro atoms. The number of nitrogens with one attached hydrogen (secondary N) is 1. The Hall–Kier alpha value is -3.03. The molecule has 0 bridgehead atoms. The Bertz CT molecular complexity index is 1260. The Morgan fingerprint density at radius 3 is 2.74 bits per heavy atom. The van der Waals surface area contributed by atoms with Crippen molar-refractivity contribution in [1.29, 1.82) is 0 Å². The van der Waals surface area contributed by atoms with Gasteiger partial charge in [0.2, 0.25) is 0 Å². The first kappa shape index (κ1) is 22.7. The minimum absolute atomic E-state index is 0.0765. The van der Waals surface area contributed by atoms with Crippen LogP contribution < -0.4 is 10.1 Å². The highest BCUT2D eigenvalue weighted by molar-refractivity contribution is 6.42. The molecule has 2 aromatic carbocycles. The average molecular weight is 501 g/mol. The van der Waals surface area contributed by atoms with E-state index in [1.807, 2.05) is 24.0 Å². The molecule has 34 heavy (non-hydrogen) atoms. The fourth-order valence-electron chi connectivity index (χ4n) is 4.63. The maximum absolute atomic E-state index is 14.0. The number of fused-ring (bicyclic) bond motifs is 1. The number of hydrogen-bond donors (Lipinski definition) is 1. The fraction of sp³-hybridized carbons (Fsp3) is 0.280. The summed E-state index contributed by atoms with van der Waals surface area (Å²) in [5.74, 6) is 0.976. The van der Waals surface area contributed by atoms with Gasteiger partial charge in [-0.15, -0.1) is 0 Å². The number of anilines is 1. The van der Waals surface area contributed by atoms with E-state index in [9.17, 15) is 9.18 Å². The molecule has 1 N–H and O–H groups in total. The van der Waals surface area contributed by atoms with Gasteiger partial charge in [0.05, 0.1) is 27.9 Å². The zero-order valence-corrected chi connectivity index (χ0v) is 20.0. The summed E-state index contributed by atoms with van der Waals surface area (Å²) in [6, 6.07) is 12.6. The van der Waals surface area contributed by atoms with Gasteiger partial charge in [-0.05, 0) is 61.7 Å². The smallest absolute Gasteiger partial charge is 0.254 e. The molecule has 3 heterocycles. The number of carbonyl (C=O) groups excluding carboxylic acids is 1. The largest absolute Gasteiger partial charge is 0.491 e. The van der Waals surface area contributed by atoms with E-state index >= 15 is 0 Å². The van der Waals surface area contributed by atoms with E-state index in [1.54, 1.807) is 35.1 Å². The highest BCUT2D eigenvalue weighted by Crippen LogP contribution is 2.39. The molecule has 2 aliphatic rings. The van der Waals surface area contributed by atoms with Crippen LogP contribution in [0.25, 0.3) is 0 Å². The Morgan fingerprint density at radius 1 is 1.18 bits per heavy atom. The molecule has 6 nitrogen and oxygen atoms in total. The Kier molecular flexibility index (Phi) is 6.23. The number of halogens is 3. The summed E-state index contributed by atoms with van der Waals surface area (Å²) >= 11 is 12.5. The molecule has 0 radical (unpaired) electrons. The first-order chi connectivity index (χ1) is 16.4. The van der Waals surface area contributed by atoms with Crippen molar-refractivity contribution < 1.29 is 13.9 Å². The van der Waals surface area contributed by atoms with E-state index in [0.717, 1.165) is 29.9 Å². The number of benzene rings is 2. The van der Waals surface area contributed by atoms with Gasteiger partial charge in [0.1, 0.15) is 30.0 Å². The third-order valence-corrected chi connectivity index (χ3v) is 7.03. The summed E-state index contributed by atoms with van der Waals surface area (Å²) < 4.78 is 20.9. The summed E-state index contributed by atoms with van der Waals surface area (Å²) in [7, 11) is 0. The standard InChI is InChI=1S/C25H23Cl2FN4O2/c1-15-23(24(32-22(30-15)10-11-29-32)16-4-9-20(26)21(27)13-16)25(33)31-12-2-3-18(31)14-34-19-7-5-17(28)6-8-19/h4-11,13,18,24,30H,2-3,12,14H2,1H3/t18-,24?/m1/s1. The van der Waals surface area contributed by atoms with Crippen LogP contribution in [0.5, 0.6) is 5.75 Å². The molecule has 176 valence electrons. The number of likely N-dealkylation sites (tertiary alicyclic amines) is 1. The molecule has 1 saturated heterocycles. The predicted octanol–water partition coefficient (Wildman–Crippen LogP) is 5.69. The Balaban J connectivity index is 1.44. The Labute approximate surface area is 206 Å². The minimum atomic E-state index is -0.451. The number of aromatic nitrogens is 2. The third kappa shape index (κ3) is 4.26. The van der Waals surface area contributed by atoms with Crippen LogP contribution in [0.1, 0.15) is 31.4 Å². The predicted molar refractivity (Wildman–Crippen MR) is 130 cm³/mol. The molecule has 0 aliphatic carbocycles. The molecular weight excluding hydrogens is 478 g/mol.